The van der Waals surface area contributed by atoms with E-state index in [1.54, 1.807) is 0 Å². The molecule has 0 radical (unpaired) electrons. The topological polar surface area (TPSA) is 35.5 Å². The second-order valence-electron chi connectivity index (χ2n) is 11.7. The Morgan fingerprint density at radius 2 is 1.12 bits per heavy atom. The van der Waals surface area contributed by atoms with Crippen LogP contribution in [0.15, 0.2) is 0 Å². The van der Waals surface area contributed by atoms with E-state index in [1.165, 1.54) is 83.5 Å². The molecular weight excluding hydrogens is 461 g/mol. The van der Waals surface area contributed by atoms with Crippen molar-refractivity contribution in [3.63, 3.8) is 0 Å². The maximum atomic E-state index is 12.6. The molecular formula is C25H58O3Si4. The van der Waals surface area contributed by atoms with E-state index in [4.69, 9.17) is 8.23 Å². The van der Waals surface area contributed by atoms with Gasteiger partial charge < -0.3 is 12.7 Å². The van der Waals surface area contributed by atoms with Crippen LogP contribution in [-0.2, 0) is 12.7 Å². The van der Waals surface area contributed by atoms with Gasteiger partial charge in [0.2, 0.25) is 0 Å². The molecule has 0 amide bonds. The molecule has 0 aliphatic carbocycles. The first-order valence-corrected chi connectivity index (χ1v) is 24.5. The summed E-state index contributed by atoms with van der Waals surface area (Å²) in [5.41, 5.74) is 1.38. The molecule has 0 aliphatic rings. The molecule has 0 aromatic rings. The monoisotopic (exact) mass is 518 g/mol. The number of hydrogen-bond donors (Lipinski definition) is 0. The van der Waals surface area contributed by atoms with Gasteiger partial charge in [-0.2, -0.15) is 0 Å². The molecule has 0 rings (SSSR count). The van der Waals surface area contributed by atoms with Crippen molar-refractivity contribution in [3.8, 4) is 0 Å². The molecule has 0 spiro atoms. The summed E-state index contributed by atoms with van der Waals surface area (Å²) in [6.07, 6.45) is 17.9. The van der Waals surface area contributed by atoms with Crippen LogP contribution in [-0.4, -0.2) is 33.9 Å². The van der Waals surface area contributed by atoms with Crippen LogP contribution >= 0.6 is 0 Å². The third-order valence-electron chi connectivity index (χ3n) is 6.51. The summed E-state index contributed by atoms with van der Waals surface area (Å²) >= 11 is 0. The summed E-state index contributed by atoms with van der Waals surface area (Å²) in [6.45, 7) is 20.2. The van der Waals surface area contributed by atoms with E-state index in [0.717, 1.165) is 11.7 Å². The predicted molar refractivity (Wildman–Crippen MR) is 151 cm³/mol. The average molecular weight is 519 g/mol. The van der Waals surface area contributed by atoms with Gasteiger partial charge in [0, 0.05) is 5.67 Å². The molecule has 0 saturated heterocycles. The molecule has 32 heavy (non-hydrogen) atoms. The summed E-state index contributed by atoms with van der Waals surface area (Å²) in [5.74, 6) is 0. The molecule has 0 aliphatic heterocycles. The zero-order chi connectivity index (χ0) is 24.7. The van der Waals surface area contributed by atoms with Gasteiger partial charge in [0.25, 0.3) is 8.68 Å². The van der Waals surface area contributed by atoms with Crippen molar-refractivity contribution in [1.29, 1.82) is 0 Å². The van der Waals surface area contributed by atoms with Crippen molar-refractivity contribution >= 4 is 33.9 Å². The van der Waals surface area contributed by atoms with Crippen molar-refractivity contribution in [3.05, 3.63) is 0 Å². The molecule has 3 nitrogen and oxygen atoms in total. The van der Waals surface area contributed by atoms with E-state index in [2.05, 4.69) is 60.1 Å². The maximum Gasteiger partial charge on any atom is 0.311 e. The smallest absolute Gasteiger partial charge is 0.311 e. The maximum absolute atomic E-state index is 12.6. The van der Waals surface area contributed by atoms with Gasteiger partial charge in [0.1, 0.15) is 0 Å². The van der Waals surface area contributed by atoms with Crippen LogP contribution in [0.5, 0.6) is 0 Å². The molecule has 0 fully saturated rings. The average Bonchev–Trinajstić information content (AvgIpc) is 2.65. The molecule has 0 aromatic heterocycles. The Bertz CT molecular complexity index is 494. The van der Waals surface area contributed by atoms with E-state index >= 15 is 0 Å². The minimum Gasteiger partial charge on any atom is -0.437 e. The van der Waals surface area contributed by atoms with Crippen LogP contribution in [0.2, 0.25) is 56.5 Å². The molecule has 0 bridgehead atoms. The summed E-state index contributed by atoms with van der Waals surface area (Å²) in [4.78, 5) is 0. The highest BCUT2D eigenvalue weighted by Crippen LogP contribution is 2.35. The minimum atomic E-state index is -2.20. The van der Waals surface area contributed by atoms with E-state index in [0.29, 0.717) is 5.54 Å². The Kier molecular flexibility index (Phi) is 17.4. The number of unbranched alkanes of at least 4 members (excludes halogenated alkanes) is 11. The lowest BCUT2D eigenvalue weighted by molar-refractivity contribution is 0.380. The van der Waals surface area contributed by atoms with Crippen LogP contribution in [0.3, 0.4) is 0 Å². The molecule has 0 N–H and O–H groups in total. The van der Waals surface area contributed by atoms with Gasteiger partial charge in [-0.15, -0.1) is 0 Å². The largest absolute Gasteiger partial charge is 0.437 e. The number of hydrogen-bond acceptors (Lipinski definition) is 3. The second-order valence-corrected chi connectivity index (χ2v) is 27.1. The van der Waals surface area contributed by atoms with Crippen molar-refractivity contribution in [2.45, 2.75) is 161 Å². The van der Waals surface area contributed by atoms with Crippen molar-refractivity contribution < 1.29 is 12.7 Å². The highest BCUT2D eigenvalue weighted by atomic mass is 28.5. The third-order valence-corrected chi connectivity index (χ3v) is 22.3. The standard InChI is InChI=1S/C25H58O3Si4/c1-10-12-13-14-15-16-17-18-19-20-21-22-23-25(3)32(9,24-29(26)11-2)28-31(7,8)27-30(4,5)6/h25H,10-24H2,1-9H3. The molecule has 0 saturated carbocycles. The first-order valence-electron chi connectivity index (χ1n) is 13.8. The number of rotatable bonds is 21. The molecule has 2 atom stereocenters. The van der Waals surface area contributed by atoms with Crippen molar-refractivity contribution in [2.75, 3.05) is 0 Å². The Balaban J connectivity index is 4.39. The fourth-order valence-electron chi connectivity index (χ4n) is 4.74. The van der Waals surface area contributed by atoms with Gasteiger partial charge in [-0.3, -0.25) is 0 Å². The van der Waals surface area contributed by atoms with Gasteiger partial charge in [-0.25, -0.2) is 0 Å². The fourth-order valence-corrected chi connectivity index (χ4v) is 23.8. The summed E-state index contributed by atoms with van der Waals surface area (Å²) in [6, 6.07) is 0.804. The zero-order valence-corrected chi connectivity index (χ0v) is 27.4. The lowest BCUT2D eigenvalue weighted by Gasteiger charge is -2.42. The van der Waals surface area contributed by atoms with E-state index < -0.39 is 33.9 Å². The fraction of sp³-hybridized carbons (Fsp3) is 1.00. The van der Waals surface area contributed by atoms with Gasteiger partial charge in [-0.1, -0.05) is 104 Å². The summed E-state index contributed by atoms with van der Waals surface area (Å²) < 4.78 is 26.0. The van der Waals surface area contributed by atoms with Crippen LogP contribution in [0.25, 0.3) is 0 Å². The van der Waals surface area contributed by atoms with Crippen molar-refractivity contribution in [2.24, 2.45) is 0 Å². The lowest BCUT2D eigenvalue weighted by atomic mass is 10.0. The zero-order valence-electron chi connectivity index (χ0n) is 23.4. The Morgan fingerprint density at radius 3 is 1.53 bits per heavy atom. The third kappa shape index (κ3) is 17.1. The molecule has 0 heterocycles. The van der Waals surface area contributed by atoms with Crippen molar-refractivity contribution in [1.82, 2.24) is 0 Å². The normalized spacial score (nSPS) is 15.5. The van der Waals surface area contributed by atoms with E-state index in [-0.39, 0.29) is 0 Å². The summed E-state index contributed by atoms with van der Waals surface area (Å²) in [7, 11) is -7.46. The summed E-state index contributed by atoms with van der Waals surface area (Å²) in [5, 5.41) is 0. The van der Waals surface area contributed by atoms with Gasteiger partial charge in [0.15, 0.2) is 16.6 Å². The molecule has 0 aromatic carbocycles. The van der Waals surface area contributed by atoms with Gasteiger partial charge >= 0.3 is 8.56 Å². The predicted octanol–water partition coefficient (Wildman–Crippen LogP) is 9.59. The van der Waals surface area contributed by atoms with Gasteiger partial charge in [0.05, 0.1) is 0 Å². The van der Waals surface area contributed by atoms with Gasteiger partial charge in [-0.05, 0) is 50.9 Å². The lowest BCUT2D eigenvalue weighted by Crippen LogP contribution is -2.55. The highest BCUT2D eigenvalue weighted by molar-refractivity contribution is 6.91. The SMILES string of the molecule is CCCCCCCCCCCCCCC(C)[Si](C)(C[Si](=O)CC)O[Si](C)(C)O[Si](C)(C)C. The molecule has 192 valence electrons. The van der Waals surface area contributed by atoms with E-state index in [1.807, 2.05) is 0 Å². The quantitative estimate of drug-likeness (QED) is 0.112. The van der Waals surface area contributed by atoms with Crippen LogP contribution in [0.1, 0.15) is 104 Å². The minimum absolute atomic E-state index is 0.545. The highest BCUT2D eigenvalue weighted by Gasteiger charge is 2.44. The Morgan fingerprint density at radius 1 is 0.688 bits per heavy atom. The Labute approximate surface area is 207 Å². The molecule has 7 heteroatoms. The first kappa shape index (κ1) is 32.6. The van der Waals surface area contributed by atoms with Crippen LogP contribution in [0.4, 0.5) is 0 Å². The van der Waals surface area contributed by atoms with Crippen LogP contribution in [0, 0.1) is 0 Å². The Hall–Kier alpha value is 0.588. The van der Waals surface area contributed by atoms with Crippen LogP contribution < -0.4 is 0 Å². The first-order chi connectivity index (χ1) is 14.9. The van der Waals surface area contributed by atoms with E-state index in [9.17, 15) is 4.46 Å². The second kappa shape index (κ2) is 17.1. The molecule has 2 unspecified atom stereocenters.